The Kier molecular flexibility index (Phi) is 7.28. The van der Waals surface area contributed by atoms with Crippen LogP contribution >= 0.6 is 11.6 Å². The zero-order valence-corrected chi connectivity index (χ0v) is 18.0. The maximum absolute atomic E-state index is 12.5. The van der Waals surface area contributed by atoms with Gasteiger partial charge < -0.3 is 14.4 Å². The first kappa shape index (κ1) is 21.8. The summed E-state index contributed by atoms with van der Waals surface area (Å²) in [4.78, 5) is 10.5. The molecule has 2 heterocycles. The molecule has 1 aliphatic heterocycles. The molecule has 0 unspecified atom stereocenters. The van der Waals surface area contributed by atoms with Gasteiger partial charge in [-0.1, -0.05) is 19.1 Å². The highest BCUT2D eigenvalue weighted by atomic mass is 35.5. The number of nitrogens with zero attached hydrogens (tertiary/aromatic N) is 3. The molecule has 3 rings (SSSR count). The number of hydrogen-bond donors (Lipinski definition) is 1. The molecule has 158 valence electrons. The number of anilines is 1. The molecule has 0 bridgehead atoms. The standard InChI is InChI=1S/C19H25ClN4O4S/c1-3-16-12-28-9-8-24(16)18-10-15(22-19(20)23-18)13-29(25,26)21-11-14-4-6-17(27-2)7-5-14/h4-7,10,16,21H,3,8-9,11-13H2,1-2H3/t16-/m0/s1. The van der Waals surface area contributed by atoms with Crippen molar-refractivity contribution in [3.63, 3.8) is 0 Å². The highest BCUT2D eigenvalue weighted by molar-refractivity contribution is 7.88. The minimum atomic E-state index is -3.61. The van der Waals surface area contributed by atoms with Crippen molar-refractivity contribution in [1.29, 1.82) is 0 Å². The van der Waals surface area contributed by atoms with Crippen molar-refractivity contribution in [2.45, 2.75) is 31.7 Å². The van der Waals surface area contributed by atoms with Crippen LogP contribution in [0.3, 0.4) is 0 Å². The number of morpholine rings is 1. The Morgan fingerprint density at radius 2 is 2.07 bits per heavy atom. The summed E-state index contributed by atoms with van der Waals surface area (Å²) in [5, 5.41) is 0.0317. The van der Waals surface area contributed by atoms with Gasteiger partial charge in [0.15, 0.2) is 0 Å². The van der Waals surface area contributed by atoms with Gasteiger partial charge in [0, 0.05) is 19.2 Å². The molecule has 0 spiro atoms. The first-order chi connectivity index (χ1) is 13.9. The van der Waals surface area contributed by atoms with Gasteiger partial charge in [0.25, 0.3) is 0 Å². The van der Waals surface area contributed by atoms with E-state index in [0.717, 1.165) is 12.0 Å². The van der Waals surface area contributed by atoms with Crippen molar-refractivity contribution in [2.75, 3.05) is 31.8 Å². The Hall–Kier alpha value is -1.94. The summed E-state index contributed by atoms with van der Waals surface area (Å²) in [6.45, 7) is 4.13. The molecule has 1 N–H and O–H groups in total. The molecule has 0 aliphatic carbocycles. The lowest BCUT2D eigenvalue weighted by Crippen LogP contribution is -2.45. The molecule has 1 fully saturated rings. The molecule has 0 amide bonds. The highest BCUT2D eigenvalue weighted by Crippen LogP contribution is 2.22. The van der Waals surface area contributed by atoms with Gasteiger partial charge in [0.2, 0.25) is 15.3 Å². The van der Waals surface area contributed by atoms with Gasteiger partial charge in [-0.3, -0.25) is 0 Å². The average Bonchev–Trinajstić information content (AvgIpc) is 2.72. The number of ether oxygens (including phenoxy) is 2. The summed E-state index contributed by atoms with van der Waals surface area (Å²) in [5.41, 5.74) is 1.18. The van der Waals surface area contributed by atoms with Crippen LogP contribution in [0.15, 0.2) is 30.3 Å². The molecule has 1 saturated heterocycles. The fourth-order valence-electron chi connectivity index (χ4n) is 3.15. The van der Waals surface area contributed by atoms with Gasteiger partial charge in [-0.05, 0) is 35.7 Å². The zero-order chi connectivity index (χ0) is 20.9. The maximum Gasteiger partial charge on any atom is 0.224 e. The van der Waals surface area contributed by atoms with E-state index in [2.05, 4.69) is 26.5 Å². The number of aromatic nitrogens is 2. The van der Waals surface area contributed by atoms with E-state index in [1.807, 2.05) is 12.1 Å². The van der Waals surface area contributed by atoms with Crippen LogP contribution in [0.4, 0.5) is 5.82 Å². The summed E-state index contributed by atoms with van der Waals surface area (Å²) < 4.78 is 38.3. The lowest BCUT2D eigenvalue weighted by Gasteiger charge is -2.36. The smallest absolute Gasteiger partial charge is 0.224 e. The molecule has 8 nitrogen and oxygen atoms in total. The second-order valence-corrected chi connectivity index (χ2v) is 8.89. The molecule has 1 aromatic heterocycles. The quantitative estimate of drug-likeness (QED) is 0.630. The molecular weight excluding hydrogens is 416 g/mol. The van der Waals surface area contributed by atoms with E-state index in [1.165, 1.54) is 0 Å². The van der Waals surface area contributed by atoms with E-state index in [4.69, 9.17) is 21.1 Å². The highest BCUT2D eigenvalue weighted by Gasteiger charge is 2.24. The van der Waals surface area contributed by atoms with Gasteiger partial charge in [-0.25, -0.2) is 23.1 Å². The summed E-state index contributed by atoms with van der Waals surface area (Å²) in [6, 6.07) is 9.05. The third kappa shape index (κ3) is 6.02. The lowest BCUT2D eigenvalue weighted by atomic mass is 10.2. The topological polar surface area (TPSA) is 93.7 Å². The van der Waals surface area contributed by atoms with E-state index >= 15 is 0 Å². The van der Waals surface area contributed by atoms with Crippen molar-refractivity contribution in [3.8, 4) is 5.75 Å². The van der Waals surface area contributed by atoms with E-state index in [-0.39, 0.29) is 23.6 Å². The summed E-state index contributed by atoms with van der Waals surface area (Å²) >= 11 is 6.08. The van der Waals surface area contributed by atoms with E-state index in [0.29, 0.717) is 37.0 Å². The van der Waals surface area contributed by atoms with Crippen molar-refractivity contribution in [3.05, 3.63) is 46.9 Å². The zero-order valence-electron chi connectivity index (χ0n) is 16.5. The fraction of sp³-hybridized carbons (Fsp3) is 0.474. The number of halogens is 1. The van der Waals surface area contributed by atoms with E-state index in [1.54, 1.807) is 25.3 Å². The molecule has 0 radical (unpaired) electrons. The average molecular weight is 441 g/mol. The fourth-order valence-corrected chi connectivity index (χ4v) is 4.37. The second kappa shape index (κ2) is 9.71. The van der Waals surface area contributed by atoms with Gasteiger partial charge in [-0.15, -0.1) is 0 Å². The second-order valence-electron chi connectivity index (χ2n) is 6.75. The van der Waals surface area contributed by atoms with Crippen LogP contribution in [0, 0.1) is 0 Å². The number of nitrogens with one attached hydrogen (secondary N) is 1. The van der Waals surface area contributed by atoms with Gasteiger partial charge in [0.05, 0.1) is 32.1 Å². The Balaban J connectivity index is 1.70. The largest absolute Gasteiger partial charge is 0.497 e. The van der Waals surface area contributed by atoms with Crippen molar-refractivity contribution in [2.24, 2.45) is 0 Å². The minimum Gasteiger partial charge on any atom is -0.497 e. The molecule has 29 heavy (non-hydrogen) atoms. The van der Waals surface area contributed by atoms with Crippen LogP contribution in [0.5, 0.6) is 5.75 Å². The molecular formula is C19H25ClN4O4S. The van der Waals surface area contributed by atoms with Crippen LogP contribution in [-0.4, -0.2) is 51.3 Å². The van der Waals surface area contributed by atoms with Crippen molar-refractivity contribution < 1.29 is 17.9 Å². The van der Waals surface area contributed by atoms with E-state index < -0.39 is 10.0 Å². The molecule has 1 aromatic carbocycles. The third-order valence-corrected chi connectivity index (χ3v) is 6.15. The number of benzene rings is 1. The number of methoxy groups -OCH3 is 1. The SMILES string of the molecule is CC[C@H]1COCCN1c1cc(CS(=O)(=O)NCc2ccc(OC)cc2)nc(Cl)n1. The van der Waals surface area contributed by atoms with Gasteiger partial charge in [0.1, 0.15) is 17.3 Å². The Bertz CT molecular complexity index is 924. The lowest BCUT2D eigenvalue weighted by molar-refractivity contribution is 0.0925. The van der Waals surface area contributed by atoms with Crippen LogP contribution in [0.1, 0.15) is 24.6 Å². The first-order valence-corrected chi connectivity index (χ1v) is 11.4. The number of rotatable bonds is 8. The van der Waals surface area contributed by atoms with Gasteiger partial charge in [-0.2, -0.15) is 0 Å². The van der Waals surface area contributed by atoms with Crippen LogP contribution in [0.25, 0.3) is 0 Å². The summed E-state index contributed by atoms with van der Waals surface area (Å²) in [5.74, 6) is 1.06. The molecule has 2 aromatic rings. The monoisotopic (exact) mass is 440 g/mol. The Morgan fingerprint density at radius 1 is 1.31 bits per heavy atom. The molecule has 1 aliphatic rings. The summed E-state index contributed by atoms with van der Waals surface area (Å²) in [6.07, 6.45) is 0.888. The number of hydrogen-bond acceptors (Lipinski definition) is 7. The van der Waals surface area contributed by atoms with Crippen molar-refractivity contribution in [1.82, 2.24) is 14.7 Å². The van der Waals surface area contributed by atoms with Crippen LogP contribution in [-0.2, 0) is 27.1 Å². The number of sulfonamides is 1. The molecule has 1 atom stereocenters. The van der Waals surface area contributed by atoms with Crippen LogP contribution < -0.4 is 14.4 Å². The molecule has 10 heteroatoms. The first-order valence-electron chi connectivity index (χ1n) is 9.38. The minimum absolute atomic E-state index is 0.0317. The normalized spacial score (nSPS) is 17.3. The van der Waals surface area contributed by atoms with E-state index in [9.17, 15) is 8.42 Å². The molecule has 0 saturated carbocycles. The Morgan fingerprint density at radius 3 is 2.76 bits per heavy atom. The third-order valence-electron chi connectivity index (χ3n) is 4.72. The predicted molar refractivity (Wildman–Crippen MR) is 112 cm³/mol. The van der Waals surface area contributed by atoms with Gasteiger partial charge >= 0.3 is 0 Å². The summed E-state index contributed by atoms with van der Waals surface area (Å²) in [7, 11) is -2.02. The predicted octanol–water partition coefficient (Wildman–Crippen LogP) is 2.37. The Labute approximate surface area is 176 Å². The maximum atomic E-state index is 12.5. The van der Waals surface area contributed by atoms with Crippen LogP contribution in [0.2, 0.25) is 5.28 Å². The van der Waals surface area contributed by atoms with Crippen molar-refractivity contribution >= 4 is 27.4 Å².